The van der Waals surface area contributed by atoms with Crippen molar-refractivity contribution in [2.24, 2.45) is 0 Å². The maximum absolute atomic E-state index is 12.9. The van der Waals surface area contributed by atoms with E-state index in [1.54, 1.807) is 24.3 Å². The number of fused-ring (bicyclic) bond motifs is 2. The number of para-hydroxylation sites is 1. The van der Waals surface area contributed by atoms with Gasteiger partial charge in [0, 0.05) is 22.0 Å². The summed E-state index contributed by atoms with van der Waals surface area (Å²) < 4.78 is 10.4. The summed E-state index contributed by atoms with van der Waals surface area (Å²) in [5.41, 5.74) is -0.216. The molecular formula is C20H15ClN2O5. The van der Waals surface area contributed by atoms with Gasteiger partial charge in [-0.3, -0.25) is 4.79 Å². The molecule has 2 heterocycles. The molecule has 0 radical (unpaired) electrons. The van der Waals surface area contributed by atoms with Crippen LogP contribution < -0.4 is 10.6 Å². The summed E-state index contributed by atoms with van der Waals surface area (Å²) in [6, 6.07) is 11.9. The van der Waals surface area contributed by atoms with Gasteiger partial charge in [-0.05, 0) is 36.8 Å². The first kappa shape index (κ1) is 18.1. The standard InChI is InChI=1S/C20H15ClN2O5/c1-10-5-3-4-6-13(10)22-16-15(17(24)27-2)20(28-18(16)25)12-9-11(21)7-8-14(12)23-19(20)26/h3-9,22H,1-2H3,(H,23,26). The molecule has 2 aromatic rings. The second-order valence-electron chi connectivity index (χ2n) is 6.40. The number of benzene rings is 2. The van der Waals surface area contributed by atoms with E-state index in [0.29, 0.717) is 16.4 Å². The molecule has 0 fully saturated rings. The van der Waals surface area contributed by atoms with Crippen LogP contribution in [-0.2, 0) is 29.5 Å². The van der Waals surface area contributed by atoms with E-state index in [0.717, 1.165) is 5.56 Å². The number of carbonyl (C=O) groups is 3. The van der Waals surface area contributed by atoms with Gasteiger partial charge in [-0.1, -0.05) is 29.8 Å². The fourth-order valence-corrected chi connectivity index (χ4v) is 3.60. The van der Waals surface area contributed by atoms with Crippen molar-refractivity contribution in [3.63, 3.8) is 0 Å². The Balaban J connectivity index is 1.95. The summed E-state index contributed by atoms with van der Waals surface area (Å²) in [6.07, 6.45) is 0. The van der Waals surface area contributed by atoms with Gasteiger partial charge in [-0.2, -0.15) is 0 Å². The van der Waals surface area contributed by atoms with Crippen LogP contribution in [0, 0.1) is 6.92 Å². The number of rotatable bonds is 3. The number of methoxy groups -OCH3 is 1. The monoisotopic (exact) mass is 398 g/mol. The molecule has 8 heteroatoms. The van der Waals surface area contributed by atoms with E-state index < -0.39 is 23.4 Å². The third-order valence-corrected chi connectivity index (χ3v) is 5.01. The highest BCUT2D eigenvalue weighted by atomic mass is 35.5. The summed E-state index contributed by atoms with van der Waals surface area (Å²) in [5, 5.41) is 5.90. The minimum Gasteiger partial charge on any atom is -0.465 e. The lowest BCUT2D eigenvalue weighted by Crippen LogP contribution is -2.39. The van der Waals surface area contributed by atoms with E-state index in [9.17, 15) is 14.4 Å². The number of hydrogen-bond acceptors (Lipinski definition) is 6. The molecular weight excluding hydrogens is 384 g/mol. The third kappa shape index (κ3) is 2.47. The number of amides is 1. The molecule has 2 N–H and O–H groups in total. The van der Waals surface area contributed by atoms with Gasteiger partial charge in [0.1, 0.15) is 11.3 Å². The highest BCUT2D eigenvalue weighted by Crippen LogP contribution is 2.50. The van der Waals surface area contributed by atoms with Gasteiger partial charge >= 0.3 is 11.9 Å². The number of ether oxygens (including phenoxy) is 2. The molecule has 28 heavy (non-hydrogen) atoms. The Bertz CT molecular complexity index is 1080. The van der Waals surface area contributed by atoms with Crippen LogP contribution in [-0.4, -0.2) is 25.0 Å². The Kier molecular flexibility index (Phi) is 4.12. The average molecular weight is 399 g/mol. The lowest BCUT2D eigenvalue weighted by molar-refractivity contribution is -0.156. The first-order chi connectivity index (χ1) is 13.4. The van der Waals surface area contributed by atoms with Crippen LogP contribution in [0.3, 0.4) is 0 Å². The van der Waals surface area contributed by atoms with E-state index in [1.165, 1.54) is 13.2 Å². The Labute approximate surface area is 165 Å². The van der Waals surface area contributed by atoms with Crippen LogP contribution in [0.4, 0.5) is 11.4 Å². The lowest BCUT2D eigenvalue weighted by Gasteiger charge is -2.22. The minimum atomic E-state index is -1.96. The molecule has 2 aliphatic rings. The zero-order chi connectivity index (χ0) is 20.1. The van der Waals surface area contributed by atoms with Crippen LogP contribution in [0.15, 0.2) is 53.7 Å². The molecule has 0 aliphatic carbocycles. The molecule has 1 unspecified atom stereocenters. The number of esters is 2. The highest BCUT2D eigenvalue weighted by molar-refractivity contribution is 6.31. The molecule has 2 aliphatic heterocycles. The van der Waals surface area contributed by atoms with Gasteiger partial charge in [-0.25, -0.2) is 9.59 Å². The predicted octanol–water partition coefficient (Wildman–Crippen LogP) is 2.89. The SMILES string of the molecule is COC(=O)C1=C(Nc2ccccc2C)C(=O)OC12C(=O)Nc1ccc(Cl)cc12. The topological polar surface area (TPSA) is 93.7 Å². The Morgan fingerprint density at radius 1 is 1.21 bits per heavy atom. The van der Waals surface area contributed by atoms with Crippen molar-refractivity contribution in [1.82, 2.24) is 0 Å². The Morgan fingerprint density at radius 2 is 1.96 bits per heavy atom. The lowest BCUT2D eigenvalue weighted by atomic mass is 9.87. The number of halogens is 1. The van der Waals surface area contributed by atoms with Crippen molar-refractivity contribution in [2.75, 3.05) is 17.7 Å². The molecule has 1 spiro atoms. The van der Waals surface area contributed by atoms with Crippen molar-refractivity contribution >= 4 is 40.8 Å². The van der Waals surface area contributed by atoms with Crippen molar-refractivity contribution in [2.45, 2.75) is 12.5 Å². The first-order valence-corrected chi connectivity index (χ1v) is 8.77. The van der Waals surface area contributed by atoms with Crippen LogP contribution in [0.5, 0.6) is 0 Å². The van der Waals surface area contributed by atoms with Gasteiger partial charge in [0.2, 0.25) is 0 Å². The summed E-state index contributed by atoms with van der Waals surface area (Å²) in [7, 11) is 1.17. The van der Waals surface area contributed by atoms with Gasteiger partial charge in [0.05, 0.1) is 7.11 Å². The average Bonchev–Trinajstić information content (AvgIpc) is 3.11. The smallest absolute Gasteiger partial charge is 0.357 e. The second kappa shape index (κ2) is 6.38. The Morgan fingerprint density at radius 3 is 2.68 bits per heavy atom. The van der Waals surface area contributed by atoms with Crippen LogP contribution >= 0.6 is 11.6 Å². The third-order valence-electron chi connectivity index (χ3n) is 4.78. The zero-order valence-corrected chi connectivity index (χ0v) is 15.7. The summed E-state index contributed by atoms with van der Waals surface area (Å²) >= 11 is 6.09. The molecule has 0 saturated heterocycles. The summed E-state index contributed by atoms with van der Waals surface area (Å²) in [4.78, 5) is 38.3. The van der Waals surface area contributed by atoms with Gasteiger partial charge < -0.3 is 20.1 Å². The molecule has 4 rings (SSSR count). The molecule has 1 atom stereocenters. The Hall–Kier alpha value is -3.32. The number of anilines is 2. The fraction of sp³-hybridized carbons (Fsp3) is 0.150. The maximum atomic E-state index is 12.9. The van der Waals surface area contributed by atoms with Crippen LogP contribution in [0.25, 0.3) is 0 Å². The summed E-state index contributed by atoms with van der Waals surface area (Å²) in [5.74, 6) is -2.36. The van der Waals surface area contributed by atoms with Gasteiger partial charge in [-0.15, -0.1) is 0 Å². The van der Waals surface area contributed by atoms with Crippen molar-refractivity contribution in [3.8, 4) is 0 Å². The van der Waals surface area contributed by atoms with E-state index in [-0.39, 0.29) is 16.8 Å². The van der Waals surface area contributed by atoms with E-state index >= 15 is 0 Å². The molecule has 0 aromatic heterocycles. The number of nitrogens with one attached hydrogen (secondary N) is 2. The van der Waals surface area contributed by atoms with Crippen molar-refractivity contribution < 1.29 is 23.9 Å². The molecule has 0 bridgehead atoms. The highest BCUT2D eigenvalue weighted by Gasteiger charge is 2.62. The van der Waals surface area contributed by atoms with E-state index in [1.807, 2.05) is 19.1 Å². The number of aryl methyl sites for hydroxylation is 1. The normalized spacial score (nSPS) is 20.1. The molecule has 1 amide bonds. The summed E-state index contributed by atoms with van der Waals surface area (Å²) in [6.45, 7) is 1.84. The quantitative estimate of drug-likeness (QED) is 0.772. The van der Waals surface area contributed by atoms with Crippen LogP contribution in [0.2, 0.25) is 5.02 Å². The van der Waals surface area contributed by atoms with Crippen LogP contribution in [0.1, 0.15) is 11.1 Å². The number of carbonyl (C=O) groups excluding carboxylic acids is 3. The maximum Gasteiger partial charge on any atom is 0.357 e. The zero-order valence-electron chi connectivity index (χ0n) is 15.0. The largest absolute Gasteiger partial charge is 0.465 e. The second-order valence-corrected chi connectivity index (χ2v) is 6.83. The van der Waals surface area contributed by atoms with Gasteiger partial charge in [0.25, 0.3) is 11.5 Å². The van der Waals surface area contributed by atoms with Crippen molar-refractivity contribution in [1.29, 1.82) is 0 Å². The fourth-order valence-electron chi connectivity index (χ4n) is 3.43. The van der Waals surface area contributed by atoms with E-state index in [4.69, 9.17) is 21.1 Å². The molecule has 2 aromatic carbocycles. The molecule has 7 nitrogen and oxygen atoms in total. The van der Waals surface area contributed by atoms with Gasteiger partial charge in [0.15, 0.2) is 0 Å². The van der Waals surface area contributed by atoms with E-state index in [2.05, 4.69) is 10.6 Å². The number of hydrogen-bond donors (Lipinski definition) is 2. The molecule has 0 saturated carbocycles. The van der Waals surface area contributed by atoms with Crippen molar-refractivity contribution in [3.05, 3.63) is 69.9 Å². The predicted molar refractivity (Wildman–Crippen MR) is 102 cm³/mol. The molecule has 142 valence electrons. The first-order valence-electron chi connectivity index (χ1n) is 8.39. The minimum absolute atomic E-state index is 0.149.